The molecule has 0 saturated carbocycles. The fourth-order valence-electron chi connectivity index (χ4n) is 3.14. The highest BCUT2D eigenvalue weighted by Crippen LogP contribution is 2.26. The van der Waals surface area contributed by atoms with Crippen molar-refractivity contribution in [1.82, 2.24) is 0 Å². The molecule has 1 amide bonds. The van der Waals surface area contributed by atoms with Gasteiger partial charge in [0.05, 0.1) is 4.90 Å². The first-order valence-electron chi connectivity index (χ1n) is 8.74. The first-order valence-corrected chi connectivity index (χ1v) is 10.2. The first kappa shape index (κ1) is 18.0. The van der Waals surface area contributed by atoms with Gasteiger partial charge in [-0.25, -0.2) is 8.42 Å². The highest BCUT2D eigenvalue weighted by atomic mass is 32.2. The summed E-state index contributed by atoms with van der Waals surface area (Å²) < 4.78 is 28.0. The van der Waals surface area contributed by atoms with E-state index in [0.29, 0.717) is 11.4 Å². The lowest BCUT2D eigenvalue weighted by atomic mass is 10.0. The van der Waals surface area contributed by atoms with Gasteiger partial charge in [-0.05, 0) is 70.1 Å². The van der Waals surface area contributed by atoms with Crippen molar-refractivity contribution in [2.24, 2.45) is 0 Å². The summed E-state index contributed by atoms with van der Waals surface area (Å²) in [6.45, 7) is 1.40. The summed E-state index contributed by atoms with van der Waals surface area (Å²) in [5.74, 6) is -0.211. The van der Waals surface area contributed by atoms with Crippen molar-refractivity contribution in [3.8, 4) is 0 Å². The molecule has 0 aliphatic rings. The van der Waals surface area contributed by atoms with Crippen molar-refractivity contribution < 1.29 is 13.2 Å². The summed E-state index contributed by atoms with van der Waals surface area (Å²) in [5.41, 5.74) is 1.04. The van der Waals surface area contributed by atoms with Crippen molar-refractivity contribution in [2.75, 3.05) is 10.0 Å². The van der Waals surface area contributed by atoms with Crippen LogP contribution in [-0.4, -0.2) is 14.3 Å². The molecule has 0 heterocycles. The van der Waals surface area contributed by atoms with Crippen LogP contribution in [0.3, 0.4) is 0 Å². The molecule has 0 spiro atoms. The normalized spacial score (nSPS) is 11.5. The Kier molecular flexibility index (Phi) is 4.49. The number of fused-ring (bicyclic) bond motifs is 2. The minimum Gasteiger partial charge on any atom is -0.326 e. The Hall–Kier alpha value is -3.38. The molecule has 4 rings (SSSR count). The molecule has 0 aliphatic carbocycles. The number of hydrogen-bond donors (Lipinski definition) is 2. The van der Waals surface area contributed by atoms with Crippen LogP contribution in [0.15, 0.2) is 83.8 Å². The molecule has 0 radical (unpaired) electrons. The molecular weight excluding hydrogens is 372 g/mol. The number of benzene rings is 4. The Bertz CT molecular complexity index is 1300. The number of carbonyl (C=O) groups excluding carboxylic acids is 1. The second-order valence-corrected chi connectivity index (χ2v) is 8.25. The van der Waals surface area contributed by atoms with E-state index in [1.165, 1.54) is 19.1 Å². The molecule has 140 valence electrons. The van der Waals surface area contributed by atoms with E-state index in [1.807, 2.05) is 36.4 Å². The molecule has 0 aromatic heterocycles. The van der Waals surface area contributed by atoms with Gasteiger partial charge < -0.3 is 5.32 Å². The average Bonchev–Trinajstić information content (AvgIpc) is 2.66. The van der Waals surface area contributed by atoms with Crippen LogP contribution in [0.5, 0.6) is 0 Å². The second-order valence-electron chi connectivity index (χ2n) is 6.57. The van der Waals surface area contributed by atoms with Crippen LogP contribution in [0.25, 0.3) is 21.5 Å². The molecule has 0 unspecified atom stereocenters. The van der Waals surface area contributed by atoms with Crippen molar-refractivity contribution in [3.05, 3.63) is 78.9 Å². The Morgan fingerprint density at radius 2 is 1.29 bits per heavy atom. The average molecular weight is 390 g/mol. The molecule has 0 fully saturated rings. The van der Waals surface area contributed by atoms with Crippen LogP contribution in [0.4, 0.5) is 11.4 Å². The molecule has 0 bridgehead atoms. The van der Waals surface area contributed by atoms with Gasteiger partial charge in [0.25, 0.3) is 10.0 Å². The Morgan fingerprint density at radius 3 is 1.93 bits per heavy atom. The van der Waals surface area contributed by atoms with Gasteiger partial charge in [0.2, 0.25) is 5.91 Å². The fraction of sp³-hybridized carbons (Fsp3) is 0.0455. The van der Waals surface area contributed by atoms with Crippen LogP contribution in [0.2, 0.25) is 0 Å². The van der Waals surface area contributed by atoms with Crippen molar-refractivity contribution in [1.29, 1.82) is 0 Å². The van der Waals surface area contributed by atoms with Crippen molar-refractivity contribution >= 4 is 48.9 Å². The Balaban J connectivity index is 1.64. The number of sulfonamides is 1. The van der Waals surface area contributed by atoms with Gasteiger partial charge in [0.15, 0.2) is 0 Å². The monoisotopic (exact) mass is 390 g/mol. The zero-order chi connectivity index (χ0) is 19.7. The molecule has 0 saturated heterocycles. The summed E-state index contributed by atoms with van der Waals surface area (Å²) in [4.78, 5) is 11.2. The van der Waals surface area contributed by atoms with Gasteiger partial charge >= 0.3 is 0 Å². The molecule has 28 heavy (non-hydrogen) atoms. The second kappa shape index (κ2) is 6.98. The summed E-state index contributed by atoms with van der Waals surface area (Å²) in [5, 5.41) is 6.86. The Morgan fingerprint density at radius 1 is 0.714 bits per heavy atom. The first-order chi connectivity index (χ1) is 13.4. The minimum absolute atomic E-state index is 0.125. The molecule has 2 N–H and O–H groups in total. The van der Waals surface area contributed by atoms with E-state index in [4.69, 9.17) is 0 Å². The molecule has 4 aromatic rings. The van der Waals surface area contributed by atoms with Crippen LogP contribution < -0.4 is 10.0 Å². The maximum absolute atomic E-state index is 12.7. The third-order valence-electron chi connectivity index (χ3n) is 4.44. The molecule has 6 heteroatoms. The smallest absolute Gasteiger partial charge is 0.261 e. The van der Waals surface area contributed by atoms with Crippen LogP contribution in [-0.2, 0) is 14.8 Å². The van der Waals surface area contributed by atoms with E-state index >= 15 is 0 Å². The van der Waals surface area contributed by atoms with Crippen LogP contribution in [0.1, 0.15) is 6.92 Å². The van der Waals surface area contributed by atoms with Crippen LogP contribution in [0, 0.1) is 0 Å². The van der Waals surface area contributed by atoms with Gasteiger partial charge in [0.1, 0.15) is 0 Å². The van der Waals surface area contributed by atoms with Gasteiger partial charge in [-0.1, -0.05) is 30.3 Å². The summed E-state index contributed by atoms with van der Waals surface area (Å²) in [6, 6.07) is 23.7. The lowest BCUT2D eigenvalue weighted by Crippen LogP contribution is -2.13. The molecule has 4 aromatic carbocycles. The van der Waals surface area contributed by atoms with Crippen LogP contribution >= 0.6 is 0 Å². The predicted molar refractivity (Wildman–Crippen MR) is 113 cm³/mol. The zero-order valence-electron chi connectivity index (χ0n) is 15.1. The topological polar surface area (TPSA) is 75.3 Å². The summed E-state index contributed by atoms with van der Waals surface area (Å²) >= 11 is 0. The SMILES string of the molecule is CC(=O)Nc1ccc(S(=O)(=O)Nc2ccc3cc4ccccc4cc3c2)cc1. The number of amides is 1. The number of carbonyl (C=O) groups is 1. The number of rotatable bonds is 4. The van der Waals surface area contributed by atoms with Gasteiger partial charge in [0, 0.05) is 18.3 Å². The van der Waals surface area contributed by atoms with E-state index in [0.717, 1.165) is 21.5 Å². The number of hydrogen-bond acceptors (Lipinski definition) is 3. The van der Waals surface area contributed by atoms with Crippen molar-refractivity contribution in [3.63, 3.8) is 0 Å². The minimum atomic E-state index is -3.73. The van der Waals surface area contributed by atoms with E-state index < -0.39 is 10.0 Å². The third-order valence-corrected chi connectivity index (χ3v) is 5.84. The van der Waals surface area contributed by atoms with Crippen molar-refractivity contribution in [2.45, 2.75) is 11.8 Å². The van der Waals surface area contributed by atoms with Gasteiger partial charge in [-0.3, -0.25) is 9.52 Å². The number of anilines is 2. The molecule has 5 nitrogen and oxygen atoms in total. The standard InChI is InChI=1S/C22H18N2O3S/c1-15(25)23-20-8-10-22(11-9-20)28(26,27)24-21-7-6-18-12-16-4-2-3-5-17(16)13-19(18)14-21/h2-14,24H,1H3,(H,23,25). The van der Waals surface area contributed by atoms with E-state index in [-0.39, 0.29) is 10.8 Å². The van der Waals surface area contributed by atoms with E-state index in [9.17, 15) is 13.2 Å². The van der Waals surface area contributed by atoms with E-state index in [1.54, 1.807) is 18.2 Å². The maximum Gasteiger partial charge on any atom is 0.261 e. The highest BCUT2D eigenvalue weighted by Gasteiger charge is 2.14. The highest BCUT2D eigenvalue weighted by molar-refractivity contribution is 7.92. The maximum atomic E-state index is 12.7. The molecule has 0 aliphatic heterocycles. The van der Waals surface area contributed by atoms with Gasteiger partial charge in [-0.15, -0.1) is 0 Å². The quantitative estimate of drug-likeness (QED) is 0.494. The predicted octanol–water partition coefficient (Wildman–Crippen LogP) is 4.75. The summed E-state index contributed by atoms with van der Waals surface area (Å²) in [6.07, 6.45) is 0. The third kappa shape index (κ3) is 3.68. The Labute approximate surface area is 163 Å². The lowest BCUT2D eigenvalue weighted by molar-refractivity contribution is -0.114. The van der Waals surface area contributed by atoms with E-state index in [2.05, 4.69) is 22.2 Å². The largest absolute Gasteiger partial charge is 0.326 e. The summed E-state index contributed by atoms with van der Waals surface area (Å²) in [7, 11) is -3.73. The zero-order valence-corrected chi connectivity index (χ0v) is 16.0. The fourth-order valence-corrected chi connectivity index (χ4v) is 4.19. The molecular formula is C22H18N2O3S. The molecule has 0 atom stereocenters. The van der Waals surface area contributed by atoms with Gasteiger partial charge in [-0.2, -0.15) is 0 Å². The number of nitrogens with one attached hydrogen (secondary N) is 2. The lowest BCUT2D eigenvalue weighted by Gasteiger charge is -2.10.